The lowest BCUT2D eigenvalue weighted by Crippen LogP contribution is -2.51. The van der Waals surface area contributed by atoms with Gasteiger partial charge in [-0.1, -0.05) is 46.8 Å². The second-order valence-electron chi connectivity index (χ2n) is 13.9. The maximum atomic E-state index is 14.4. The van der Waals surface area contributed by atoms with Gasteiger partial charge in [-0.25, -0.2) is 8.78 Å². The van der Waals surface area contributed by atoms with Gasteiger partial charge in [-0.2, -0.15) is 4.80 Å². The van der Waals surface area contributed by atoms with E-state index in [9.17, 15) is 18.4 Å². The van der Waals surface area contributed by atoms with Gasteiger partial charge in [-0.3, -0.25) is 14.6 Å². The van der Waals surface area contributed by atoms with Crippen molar-refractivity contribution >= 4 is 17.5 Å². The van der Waals surface area contributed by atoms with Gasteiger partial charge in [0.1, 0.15) is 23.0 Å². The fourth-order valence-corrected chi connectivity index (χ4v) is 6.67. The normalized spacial score (nSPS) is 21.0. The van der Waals surface area contributed by atoms with Crippen LogP contribution >= 0.6 is 0 Å². The summed E-state index contributed by atoms with van der Waals surface area (Å²) in [7, 11) is 1.66. The molecule has 2 amide bonds. The van der Waals surface area contributed by atoms with Crippen molar-refractivity contribution in [3.63, 3.8) is 0 Å². The number of rotatable bonds is 9. The molecule has 2 heterocycles. The van der Waals surface area contributed by atoms with E-state index in [1.54, 1.807) is 19.2 Å². The molecule has 0 bridgehead atoms. The van der Waals surface area contributed by atoms with Crippen LogP contribution < -0.4 is 5.32 Å². The zero-order valence-electron chi connectivity index (χ0n) is 27.0. The summed E-state index contributed by atoms with van der Waals surface area (Å²) in [6.07, 6.45) is 4.63. The molecule has 1 unspecified atom stereocenters. The van der Waals surface area contributed by atoms with Crippen LogP contribution in [0, 0.1) is 28.9 Å². The summed E-state index contributed by atoms with van der Waals surface area (Å²) >= 11 is 0. The Morgan fingerprint density at radius 2 is 1.69 bits per heavy atom. The first-order chi connectivity index (χ1) is 21.3. The van der Waals surface area contributed by atoms with Crippen molar-refractivity contribution in [2.75, 3.05) is 0 Å². The number of hydrogen-bond acceptors (Lipinski definition) is 6. The number of tetrazole rings is 1. The van der Waals surface area contributed by atoms with Gasteiger partial charge in [-0.05, 0) is 90.8 Å². The van der Waals surface area contributed by atoms with Crippen LogP contribution in [-0.4, -0.2) is 48.3 Å². The van der Waals surface area contributed by atoms with Crippen LogP contribution in [0.4, 0.5) is 8.78 Å². The van der Waals surface area contributed by atoms with Crippen LogP contribution in [0.15, 0.2) is 47.5 Å². The number of halogens is 2. The molecule has 2 aromatic carbocycles. The molecule has 1 fully saturated rings. The van der Waals surface area contributed by atoms with E-state index in [0.717, 1.165) is 30.9 Å². The quantitative estimate of drug-likeness (QED) is 0.309. The predicted molar refractivity (Wildman–Crippen MR) is 167 cm³/mol. The standard InChI is InChI=1S/C34H43F2N7O2/c1-21(2)7-12-28(22-8-10-23(11-9-22)31(44)37-20-29-39-41-42(6)40-29)43-32(45)30(24-17-26(35)19-27(36)18-24)38-34(43)15-13-25(14-16-34)33(3,4)5/h8-11,17-19,21,25,28H,7,12-16,20H2,1-6H3,(H,37,44). The largest absolute Gasteiger partial charge is 0.345 e. The molecule has 0 saturated heterocycles. The second kappa shape index (κ2) is 12.8. The fraction of sp³-hybridized carbons (Fsp3) is 0.529. The molecule has 1 N–H and O–H groups in total. The predicted octanol–water partition coefficient (Wildman–Crippen LogP) is 6.16. The van der Waals surface area contributed by atoms with Gasteiger partial charge < -0.3 is 10.2 Å². The molecule has 9 nitrogen and oxygen atoms in total. The van der Waals surface area contributed by atoms with E-state index in [1.165, 1.54) is 16.9 Å². The van der Waals surface area contributed by atoms with Crippen LogP contribution in [0.25, 0.3) is 0 Å². The fourth-order valence-electron chi connectivity index (χ4n) is 6.67. The Balaban J connectivity index is 1.48. The minimum absolute atomic E-state index is 0.103. The Labute approximate surface area is 263 Å². The molecule has 240 valence electrons. The van der Waals surface area contributed by atoms with Crippen molar-refractivity contribution in [1.82, 2.24) is 30.4 Å². The summed E-state index contributed by atoms with van der Waals surface area (Å²) in [4.78, 5) is 35.6. The Hall–Kier alpha value is -4.02. The van der Waals surface area contributed by atoms with Gasteiger partial charge in [0.05, 0.1) is 19.6 Å². The molecule has 1 aliphatic heterocycles. The van der Waals surface area contributed by atoms with Crippen LogP contribution in [-0.2, 0) is 18.4 Å². The zero-order chi connectivity index (χ0) is 32.5. The van der Waals surface area contributed by atoms with Gasteiger partial charge in [0.2, 0.25) is 0 Å². The highest BCUT2D eigenvalue weighted by molar-refractivity contribution is 6.46. The number of nitrogens with one attached hydrogen (secondary N) is 1. The molecule has 11 heteroatoms. The monoisotopic (exact) mass is 619 g/mol. The molecule has 1 atom stereocenters. The van der Waals surface area contributed by atoms with E-state index in [1.807, 2.05) is 17.0 Å². The van der Waals surface area contributed by atoms with Crippen LogP contribution in [0.2, 0.25) is 0 Å². The first kappa shape index (κ1) is 32.4. The van der Waals surface area contributed by atoms with Crippen molar-refractivity contribution in [2.45, 2.75) is 91.4 Å². The summed E-state index contributed by atoms with van der Waals surface area (Å²) in [6, 6.07) is 10.1. The maximum absolute atomic E-state index is 14.4. The second-order valence-corrected chi connectivity index (χ2v) is 13.9. The highest BCUT2D eigenvalue weighted by atomic mass is 19.1. The number of carbonyl (C=O) groups excluding carboxylic acids is 2. The van der Waals surface area contributed by atoms with Crippen LogP contribution in [0.3, 0.4) is 0 Å². The molecular weight excluding hydrogens is 576 g/mol. The molecule has 3 aromatic rings. The van der Waals surface area contributed by atoms with Gasteiger partial charge in [0.25, 0.3) is 11.8 Å². The van der Waals surface area contributed by atoms with Gasteiger partial charge in [0.15, 0.2) is 5.82 Å². The maximum Gasteiger partial charge on any atom is 0.275 e. The minimum atomic E-state index is -0.821. The molecule has 1 spiro atoms. The first-order valence-corrected chi connectivity index (χ1v) is 15.8. The summed E-state index contributed by atoms with van der Waals surface area (Å²) < 4.78 is 28.7. The lowest BCUT2D eigenvalue weighted by molar-refractivity contribution is -0.133. The average molecular weight is 620 g/mol. The Morgan fingerprint density at radius 3 is 2.24 bits per heavy atom. The summed E-state index contributed by atoms with van der Waals surface area (Å²) in [5, 5.41) is 14.6. The average Bonchev–Trinajstić information content (AvgIpc) is 3.51. The van der Waals surface area contributed by atoms with E-state index in [2.05, 4.69) is 55.3 Å². The molecule has 1 aliphatic carbocycles. The SMILES string of the molecule is CC(C)CCC(c1ccc(C(=O)NCc2nnn(C)n2)cc1)N1C(=O)C(c2cc(F)cc(F)c2)=NC12CCC(C(C)(C)C)CC2. The molecule has 1 aromatic heterocycles. The van der Waals surface area contributed by atoms with Crippen molar-refractivity contribution in [1.29, 1.82) is 0 Å². The Morgan fingerprint density at radius 1 is 1.04 bits per heavy atom. The topological polar surface area (TPSA) is 105 Å². The van der Waals surface area contributed by atoms with E-state index in [4.69, 9.17) is 4.99 Å². The number of aliphatic imine (C=N–C) groups is 1. The summed E-state index contributed by atoms with van der Waals surface area (Å²) in [6.45, 7) is 11.2. The van der Waals surface area contributed by atoms with Gasteiger partial charge in [-0.15, -0.1) is 10.2 Å². The number of nitrogens with zero attached hydrogens (tertiary/aromatic N) is 6. The van der Waals surface area contributed by atoms with E-state index in [-0.39, 0.29) is 41.1 Å². The van der Waals surface area contributed by atoms with Crippen molar-refractivity contribution in [3.8, 4) is 0 Å². The van der Waals surface area contributed by atoms with Crippen molar-refractivity contribution in [3.05, 3.63) is 76.6 Å². The van der Waals surface area contributed by atoms with E-state index >= 15 is 0 Å². The van der Waals surface area contributed by atoms with Gasteiger partial charge >= 0.3 is 0 Å². The zero-order valence-corrected chi connectivity index (χ0v) is 27.0. The van der Waals surface area contributed by atoms with Crippen LogP contribution in [0.1, 0.15) is 106 Å². The summed E-state index contributed by atoms with van der Waals surface area (Å²) in [5.41, 5.74) is 0.902. The molecular formula is C34H43F2N7O2. The van der Waals surface area contributed by atoms with Crippen molar-refractivity contribution in [2.24, 2.45) is 29.3 Å². The third-order valence-corrected chi connectivity index (χ3v) is 9.18. The Kier molecular flexibility index (Phi) is 9.19. The molecule has 45 heavy (non-hydrogen) atoms. The molecule has 5 rings (SSSR count). The first-order valence-electron chi connectivity index (χ1n) is 15.8. The van der Waals surface area contributed by atoms with E-state index in [0.29, 0.717) is 42.5 Å². The number of aryl methyl sites for hydroxylation is 1. The number of amides is 2. The smallest absolute Gasteiger partial charge is 0.275 e. The molecule has 0 radical (unpaired) electrons. The number of benzene rings is 2. The highest BCUT2D eigenvalue weighted by Crippen LogP contribution is 2.50. The minimum Gasteiger partial charge on any atom is -0.345 e. The Bertz CT molecular complexity index is 1550. The van der Waals surface area contributed by atoms with Crippen molar-refractivity contribution < 1.29 is 18.4 Å². The lowest BCUT2D eigenvalue weighted by atomic mass is 9.69. The number of aromatic nitrogens is 4. The number of carbonyl (C=O) groups is 2. The van der Waals surface area contributed by atoms with Gasteiger partial charge in [0, 0.05) is 17.2 Å². The third-order valence-electron chi connectivity index (χ3n) is 9.18. The number of hydrogen-bond donors (Lipinski definition) is 1. The molecule has 2 aliphatic rings. The van der Waals surface area contributed by atoms with Crippen LogP contribution in [0.5, 0.6) is 0 Å². The third kappa shape index (κ3) is 7.12. The molecule has 1 saturated carbocycles. The van der Waals surface area contributed by atoms with E-state index < -0.39 is 17.3 Å². The highest BCUT2D eigenvalue weighted by Gasteiger charge is 2.52. The lowest BCUT2D eigenvalue weighted by Gasteiger charge is -2.47. The summed E-state index contributed by atoms with van der Waals surface area (Å²) in [5.74, 6) is -0.828.